The first kappa shape index (κ1) is 8.93. The molecule has 0 aromatic carbocycles. The Bertz CT molecular complexity index is 203. The fourth-order valence-electron chi connectivity index (χ4n) is 0.755. The Balaban J connectivity index is 2.16. The Morgan fingerprint density at radius 2 is 2.33 bits per heavy atom. The van der Waals surface area contributed by atoms with Crippen molar-refractivity contribution in [3.05, 3.63) is 18.6 Å². The summed E-state index contributed by atoms with van der Waals surface area (Å²) in [5, 5.41) is 8.48. The summed E-state index contributed by atoms with van der Waals surface area (Å²) < 4.78 is 5.25. The molecule has 0 bridgehead atoms. The number of ether oxygens (including phenoxy) is 1. The minimum atomic E-state index is 0.215. The molecule has 1 heterocycles. The number of aliphatic hydroxyl groups excluding tert-OH is 1. The predicted molar refractivity (Wildman–Crippen MR) is 43.8 cm³/mol. The van der Waals surface area contributed by atoms with Crippen molar-refractivity contribution in [3.8, 4) is 5.88 Å². The summed E-state index contributed by atoms with van der Waals surface area (Å²) in [6.45, 7) is 0.810. The van der Waals surface area contributed by atoms with Gasteiger partial charge in [-0.05, 0) is 12.8 Å². The molecule has 0 saturated heterocycles. The van der Waals surface area contributed by atoms with E-state index >= 15 is 0 Å². The first-order valence-electron chi connectivity index (χ1n) is 3.93. The Morgan fingerprint density at radius 1 is 1.42 bits per heavy atom. The topological polar surface area (TPSA) is 55.2 Å². The molecule has 0 unspecified atom stereocenters. The van der Waals surface area contributed by atoms with Crippen LogP contribution in [0.2, 0.25) is 0 Å². The zero-order chi connectivity index (χ0) is 8.65. The van der Waals surface area contributed by atoms with E-state index in [9.17, 15) is 0 Å². The summed E-state index contributed by atoms with van der Waals surface area (Å²) >= 11 is 0. The molecular weight excluding hydrogens is 156 g/mol. The summed E-state index contributed by atoms with van der Waals surface area (Å²) in [6, 6.07) is 1.71. The highest BCUT2D eigenvalue weighted by Gasteiger charge is 1.92. The van der Waals surface area contributed by atoms with Crippen LogP contribution in [0.25, 0.3) is 0 Å². The summed E-state index contributed by atoms with van der Waals surface area (Å²) in [4.78, 5) is 7.64. The number of nitrogens with zero attached hydrogens (tertiary/aromatic N) is 2. The second-order valence-corrected chi connectivity index (χ2v) is 2.33. The first-order valence-corrected chi connectivity index (χ1v) is 3.93. The number of hydrogen-bond donors (Lipinski definition) is 1. The average molecular weight is 168 g/mol. The molecule has 0 aliphatic rings. The van der Waals surface area contributed by atoms with Gasteiger partial charge in [0.15, 0.2) is 0 Å². The van der Waals surface area contributed by atoms with Crippen molar-refractivity contribution in [2.75, 3.05) is 13.2 Å². The molecule has 12 heavy (non-hydrogen) atoms. The zero-order valence-electron chi connectivity index (χ0n) is 6.81. The van der Waals surface area contributed by atoms with Gasteiger partial charge in [0.25, 0.3) is 0 Å². The molecule has 4 heteroatoms. The number of aromatic nitrogens is 2. The monoisotopic (exact) mass is 168 g/mol. The lowest BCUT2D eigenvalue weighted by molar-refractivity contribution is 0.249. The molecule has 0 aliphatic carbocycles. The van der Waals surface area contributed by atoms with Gasteiger partial charge < -0.3 is 9.84 Å². The first-order chi connectivity index (χ1) is 5.93. The van der Waals surface area contributed by atoms with Crippen molar-refractivity contribution in [3.63, 3.8) is 0 Å². The van der Waals surface area contributed by atoms with E-state index in [4.69, 9.17) is 9.84 Å². The molecular formula is C8H12N2O2. The van der Waals surface area contributed by atoms with Gasteiger partial charge in [0.05, 0.1) is 6.61 Å². The highest BCUT2D eigenvalue weighted by atomic mass is 16.5. The van der Waals surface area contributed by atoms with Crippen molar-refractivity contribution in [2.45, 2.75) is 12.8 Å². The van der Waals surface area contributed by atoms with Crippen LogP contribution in [0.4, 0.5) is 0 Å². The molecule has 1 aromatic heterocycles. The summed E-state index contributed by atoms with van der Waals surface area (Å²) in [5.41, 5.74) is 0. The van der Waals surface area contributed by atoms with Gasteiger partial charge >= 0.3 is 0 Å². The maximum absolute atomic E-state index is 8.48. The average Bonchev–Trinajstić information content (AvgIpc) is 2.14. The molecule has 0 spiro atoms. The summed E-state index contributed by atoms with van der Waals surface area (Å²) in [5.74, 6) is 0.586. The molecule has 0 fully saturated rings. The highest BCUT2D eigenvalue weighted by Crippen LogP contribution is 2.02. The fourth-order valence-corrected chi connectivity index (χ4v) is 0.755. The Kier molecular flexibility index (Phi) is 4.08. The van der Waals surface area contributed by atoms with Crippen LogP contribution >= 0.6 is 0 Å². The lowest BCUT2D eigenvalue weighted by Crippen LogP contribution is -1.99. The summed E-state index contributed by atoms with van der Waals surface area (Å²) in [7, 11) is 0. The van der Waals surface area contributed by atoms with Crippen LogP contribution in [0, 0.1) is 0 Å². The SMILES string of the molecule is OCCCCOc1ccncn1. The number of rotatable bonds is 5. The van der Waals surface area contributed by atoms with Crippen LogP contribution < -0.4 is 4.74 Å². The molecule has 1 N–H and O–H groups in total. The smallest absolute Gasteiger partial charge is 0.216 e. The quantitative estimate of drug-likeness (QED) is 0.655. The van der Waals surface area contributed by atoms with Crippen LogP contribution in [0.5, 0.6) is 5.88 Å². The van der Waals surface area contributed by atoms with Gasteiger partial charge in [-0.15, -0.1) is 0 Å². The van der Waals surface area contributed by atoms with Crippen LogP contribution in [0.3, 0.4) is 0 Å². The molecule has 0 amide bonds. The third-order valence-electron chi connectivity index (χ3n) is 1.36. The highest BCUT2D eigenvalue weighted by molar-refractivity contribution is 5.03. The van der Waals surface area contributed by atoms with Crippen molar-refractivity contribution in [1.29, 1.82) is 0 Å². The minimum absolute atomic E-state index is 0.215. The van der Waals surface area contributed by atoms with Crippen LogP contribution in [0.1, 0.15) is 12.8 Å². The van der Waals surface area contributed by atoms with Gasteiger partial charge in [-0.3, -0.25) is 0 Å². The van der Waals surface area contributed by atoms with E-state index < -0.39 is 0 Å². The standard InChI is InChI=1S/C8H12N2O2/c11-5-1-2-6-12-8-3-4-9-7-10-8/h3-4,7,11H,1-2,5-6H2. The van der Waals surface area contributed by atoms with Crippen molar-refractivity contribution < 1.29 is 9.84 Å². The lowest BCUT2D eigenvalue weighted by atomic mass is 10.3. The third kappa shape index (κ3) is 3.30. The Hall–Kier alpha value is -1.16. The molecule has 0 aliphatic heterocycles. The minimum Gasteiger partial charge on any atom is -0.478 e. The van der Waals surface area contributed by atoms with Gasteiger partial charge in [-0.2, -0.15) is 0 Å². The van der Waals surface area contributed by atoms with Gasteiger partial charge in [0.1, 0.15) is 6.33 Å². The largest absolute Gasteiger partial charge is 0.478 e. The molecule has 1 rings (SSSR count). The van der Waals surface area contributed by atoms with Crippen LogP contribution in [0.15, 0.2) is 18.6 Å². The Labute approximate surface area is 71.2 Å². The number of aliphatic hydroxyl groups is 1. The zero-order valence-corrected chi connectivity index (χ0v) is 6.81. The van der Waals surface area contributed by atoms with E-state index in [1.54, 1.807) is 12.3 Å². The maximum Gasteiger partial charge on any atom is 0.216 e. The van der Waals surface area contributed by atoms with E-state index in [1.807, 2.05) is 0 Å². The van der Waals surface area contributed by atoms with E-state index in [0.717, 1.165) is 12.8 Å². The van der Waals surface area contributed by atoms with Gasteiger partial charge in [0.2, 0.25) is 5.88 Å². The third-order valence-corrected chi connectivity index (χ3v) is 1.36. The van der Waals surface area contributed by atoms with Crippen molar-refractivity contribution >= 4 is 0 Å². The molecule has 0 radical (unpaired) electrons. The number of hydrogen-bond acceptors (Lipinski definition) is 4. The van der Waals surface area contributed by atoms with E-state index in [2.05, 4.69) is 9.97 Å². The van der Waals surface area contributed by atoms with E-state index in [0.29, 0.717) is 12.5 Å². The van der Waals surface area contributed by atoms with Gasteiger partial charge in [0, 0.05) is 18.9 Å². The van der Waals surface area contributed by atoms with Crippen LogP contribution in [-0.2, 0) is 0 Å². The maximum atomic E-state index is 8.48. The second-order valence-electron chi connectivity index (χ2n) is 2.33. The Morgan fingerprint density at radius 3 is 3.00 bits per heavy atom. The molecule has 1 aromatic rings. The normalized spacial score (nSPS) is 9.75. The van der Waals surface area contributed by atoms with Gasteiger partial charge in [-0.25, -0.2) is 9.97 Å². The number of unbranched alkanes of at least 4 members (excludes halogenated alkanes) is 1. The van der Waals surface area contributed by atoms with Gasteiger partial charge in [-0.1, -0.05) is 0 Å². The molecule has 66 valence electrons. The second kappa shape index (κ2) is 5.49. The van der Waals surface area contributed by atoms with Crippen molar-refractivity contribution in [1.82, 2.24) is 9.97 Å². The fraction of sp³-hybridized carbons (Fsp3) is 0.500. The summed E-state index contributed by atoms with van der Waals surface area (Å²) in [6.07, 6.45) is 4.70. The molecule has 0 atom stereocenters. The van der Waals surface area contributed by atoms with Crippen LogP contribution in [-0.4, -0.2) is 28.3 Å². The lowest BCUT2D eigenvalue weighted by Gasteiger charge is -2.02. The molecule has 0 saturated carbocycles. The van der Waals surface area contributed by atoms with Crippen molar-refractivity contribution in [2.24, 2.45) is 0 Å². The van der Waals surface area contributed by atoms with E-state index in [1.165, 1.54) is 6.33 Å². The predicted octanol–water partition coefficient (Wildman–Crippen LogP) is 0.628. The van der Waals surface area contributed by atoms with E-state index in [-0.39, 0.29) is 6.61 Å². The molecule has 4 nitrogen and oxygen atoms in total.